The molecule has 2 amide bonds. The zero-order chi connectivity index (χ0) is 17.5. The predicted molar refractivity (Wildman–Crippen MR) is 79.0 cm³/mol. The Morgan fingerprint density at radius 1 is 1.14 bits per heavy atom. The summed E-state index contributed by atoms with van der Waals surface area (Å²) in [5, 5.41) is 13.9. The Kier molecular flexibility index (Phi) is 7.86. The summed E-state index contributed by atoms with van der Waals surface area (Å²) in [5.41, 5.74) is -0.693. The fraction of sp³-hybridized carbons (Fsp3) is 0.786. The Bertz CT molecular complexity index is 403. The molecule has 0 radical (unpaired) electrons. The first-order chi connectivity index (χ1) is 10.0. The lowest BCUT2D eigenvalue weighted by Crippen LogP contribution is -2.55. The molecule has 0 aromatic heterocycles. The first-order valence-electron chi connectivity index (χ1n) is 7.00. The number of methoxy groups -OCH3 is 1. The van der Waals surface area contributed by atoms with Crippen molar-refractivity contribution in [2.24, 2.45) is 5.92 Å². The fourth-order valence-electron chi connectivity index (χ4n) is 1.55. The van der Waals surface area contributed by atoms with Crippen molar-refractivity contribution < 1.29 is 29.0 Å². The van der Waals surface area contributed by atoms with Crippen molar-refractivity contribution >= 4 is 18.0 Å². The average Bonchev–Trinajstić information content (AvgIpc) is 2.38. The molecule has 3 N–H and O–H groups in total. The topological polar surface area (TPSA) is 114 Å². The highest BCUT2D eigenvalue weighted by atomic mass is 16.6. The van der Waals surface area contributed by atoms with E-state index in [4.69, 9.17) is 9.84 Å². The van der Waals surface area contributed by atoms with E-state index in [1.807, 2.05) is 0 Å². The predicted octanol–water partition coefficient (Wildman–Crippen LogP) is 0.186. The Labute approximate surface area is 130 Å². The minimum atomic E-state index is -1.18. The number of carbonyl (C=O) groups is 3. The summed E-state index contributed by atoms with van der Waals surface area (Å²) in [4.78, 5) is 35.3. The molecule has 2 unspecified atom stereocenters. The van der Waals surface area contributed by atoms with Crippen LogP contribution in [0.1, 0.15) is 34.6 Å². The number of alkyl carbamates (subject to hydrolysis) is 1. The third kappa shape index (κ3) is 7.26. The second-order valence-electron chi connectivity index (χ2n) is 6.13. The van der Waals surface area contributed by atoms with Crippen LogP contribution < -0.4 is 10.6 Å². The van der Waals surface area contributed by atoms with E-state index in [1.165, 1.54) is 0 Å². The van der Waals surface area contributed by atoms with E-state index in [-0.39, 0.29) is 5.92 Å². The summed E-state index contributed by atoms with van der Waals surface area (Å²) in [6, 6.07) is -2.09. The van der Waals surface area contributed by atoms with Crippen LogP contribution in [0.2, 0.25) is 0 Å². The number of rotatable bonds is 6. The maximum atomic E-state index is 12.2. The second kappa shape index (κ2) is 8.57. The molecule has 0 saturated heterocycles. The maximum Gasteiger partial charge on any atom is 0.408 e. The zero-order valence-corrected chi connectivity index (χ0v) is 13.9. The van der Waals surface area contributed by atoms with Crippen LogP contribution in [0.3, 0.4) is 0 Å². The van der Waals surface area contributed by atoms with E-state index < -0.39 is 42.3 Å². The summed E-state index contributed by atoms with van der Waals surface area (Å²) in [6.45, 7) is 7.97. The van der Waals surface area contributed by atoms with Gasteiger partial charge in [-0.25, -0.2) is 9.59 Å². The molecule has 0 rings (SSSR count). The molecule has 0 aromatic carbocycles. The number of amides is 2. The molecule has 8 nitrogen and oxygen atoms in total. The molecule has 8 heteroatoms. The van der Waals surface area contributed by atoms with Crippen molar-refractivity contribution in [1.82, 2.24) is 10.6 Å². The third-order valence-corrected chi connectivity index (χ3v) is 2.61. The molecule has 0 aliphatic heterocycles. The molecule has 0 aliphatic rings. The van der Waals surface area contributed by atoms with Gasteiger partial charge >= 0.3 is 12.1 Å². The summed E-state index contributed by atoms with van der Waals surface area (Å²) >= 11 is 0. The number of carbonyl (C=O) groups excluding carboxylic acids is 3. The zero-order valence-electron chi connectivity index (χ0n) is 13.9. The molecule has 0 aromatic rings. The first kappa shape index (κ1) is 20.2. The van der Waals surface area contributed by atoms with Crippen LogP contribution in [0.25, 0.3) is 0 Å². The highest BCUT2D eigenvalue weighted by molar-refractivity contribution is 5.89. The van der Waals surface area contributed by atoms with Crippen LogP contribution in [0.15, 0.2) is 0 Å². The van der Waals surface area contributed by atoms with Crippen molar-refractivity contribution in [3.63, 3.8) is 0 Å². The van der Waals surface area contributed by atoms with E-state index in [1.54, 1.807) is 34.6 Å². The molecule has 0 fully saturated rings. The average molecular weight is 318 g/mol. The van der Waals surface area contributed by atoms with Gasteiger partial charge in [0.1, 0.15) is 11.6 Å². The van der Waals surface area contributed by atoms with Crippen LogP contribution >= 0.6 is 0 Å². The van der Waals surface area contributed by atoms with Gasteiger partial charge in [-0.05, 0) is 26.7 Å². The molecule has 0 spiro atoms. The normalized spacial score (nSPS) is 14.0. The van der Waals surface area contributed by atoms with Crippen LogP contribution in [0, 0.1) is 5.92 Å². The van der Waals surface area contributed by atoms with Gasteiger partial charge in [0.2, 0.25) is 5.91 Å². The first-order valence-corrected chi connectivity index (χ1v) is 7.00. The lowest BCUT2D eigenvalue weighted by Gasteiger charge is -2.26. The number of ether oxygens (including phenoxy) is 2. The number of aliphatic hydroxyl groups excluding tert-OH is 1. The molecular formula is C14H26N2O6. The lowest BCUT2D eigenvalue weighted by atomic mass is 10.0. The van der Waals surface area contributed by atoms with E-state index in [0.29, 0.717) is 0 Å². The van der Waals surface area contributed by atoms with Crippen molar-refractivity contribution in [2.45, 2.75) is 52.3 Å². The Hall–Kier alpha value is -1.83. The monoisotopic (exact) mass is 318 g/mol. The van der Waals surface area contributed by atoms with Gasteiger partial charge in [-0.1, -0.05) is 13.8 Å². The second-order valence-corrected chi connectivity index (χ2v) is 6.13. The highest BCUT2D eigenvalue weighted by Gasteiger charge is 2.30. The van der Waals surface area contributed by atoms with Crippen molar-refractivity contribution in [1.29, 1.82) is 0 Å². The maximum absolute atomic E-state index is 12.2. The van der Waals surface area contributed by atoms with Crippen LogP contribution in [0.5, 0.6) is 0 Å². The summed E-state index contributed by atoms with van der Waals surface area (Å²) in [5.74, 6) is -1.62. The fourth-order valence-corrected chi connectivity index (χ4v) is 1.55. The number of aliphatic hydroxyl groups is 1. The largest absolute Gasteiger partial charge is 0.467 e. The smallest absolute Gasteiger partial charge is 0.408 e. The number of esters is 1. The van der Waals surface area contributed by atoms with Gasteiger partial charge in [0.05, 0.1) is 13.7 Å². The summed E-state index contributed by atoms with van der Waals surface area (Å²) in [7, 11) is 1.15. The summed E-state index contributed by atoms with van der Waals surface area (Å²) in [6.07, 6.45) is -0.736. The summed E-state index contributed by atoms with van der Waals surface area (Å²) < 4.78 is 9.56. The number of hydrogen-bond acceptors (Lipinski definition) is 6. The standard InChI is InChI=1S/C14H26N2O6/c1-8(2)10(16-13(20)22-14(3,4)5)11(18)15-9(7-17)12(19)21-6/h8-10,17H,7H2,1-6H3,(H,15,18)(H,16,20). The molecule has 0 heterocycles. The molecule has 0 bridgehead atoms. The Balaban J connectivity index is 4.84. The van der Waals surface area contributed by atoms with Gasteiger partial charge in [-0.15, -0.1) is 0 Å². The van der Waals surface area contributed by atoms with Gasteiger partial charge in [0.25, 0.3) is 0 Å². The van der Waals surface area contributed by atoms with Crippen molar-refractivity contribution in [2.75, 3.05) is 13.7 Å². The Morgan fingerprint density at radius 3 is 2.05 bits per heavy atom. The van der Waals surface area contributed by atoms with Gasteiger partial charge in [0, 0.05) is 0 Å². The Morgan fingerprint density at radius 2 is 1.68 bits per heavy atom. The van der Waals surface area contributed by atoms with E-state index in [2.05, 4.69) is 15.4 Å². The van der Waals surface area contributed by atoms with E-state index in [0.717, 1.165) is 7.11 Å². The lowest BCUT2D eigenvalue weighted by molar-refractivity contribution is -0.146. The third-order valence-electron chi connectivity index (χ3n) is 2.61. The quantitative estimate of drug-likeness (QED) is 0.602. The number of hydrogen-bond donors (Lipinski definition) is 3. The number of nitrogens with one attached hydrogen (secondary N) is 2. The van der Waals surface area contributed by atoms with Gasteiger partial charge in [-0.3, -0.25) is 4.79 Å². The van der Waals surface area contributed by atoms with Crippen molar-refractivity contribution in [3.8, 4) is 0 Å². The SMILES string of the molecule is COC(=O)C(CO)NC(=O)C(NC(=O)OC(C)(C)C)C(C)C. The van der Waals surface area contributed by atoms with Crippen LogP contribution in [-0.2, 0) is 19.1 Å². The van der Waals surface area contributed by atoms with Crippen molar-refractivity contribution in [3.05, 3.63) is 0 Å². The van der Waals surface area contributed by atoms with Crippen LogP contribution in [-0.4, -0.2) is 54.5 Å². The highest BCUT2D eigenvalue weighted by Crippen LogP contribution is 2.09. The minimum absolute atomic E-state index is 0.246. The van der Waals surface area contributed by atoms with Gasteiger partial charge in [-0.2, -0.15) is 0 Å². The van der Waals surface area contributed by atoms with E-state index >= 15 is 0 Å². The van der Waals surface area contributed by atoms with E-state index in [9.17, 15) is 14.4 Å². The molecule has 0 saturated carbocycles. The molecule has 128 valence electrons. The minimum Gasteiger partial charge on any atom is -0.467 e. The molecule has 2 atom stereocenters. The van der Waals surface area contributed by atoms with Gasteiger partial charge in [0.15, 0.2) is 6.04 Å². The molecule has 22 heavy (non-hydrogen) atoms. The molecule has 0 aliphatic carbocycles. The molecular weight excluding hydrogens is 292 g/mol. The van der Waals surface area contributed by atoms with Crippen LogP contribution in [0.4, 0.5) is 4.79 Å². The van der Waals surface area contributed by atoms with Gasteiger partial charge < -0.3 is 25.2 Å².